The molecule has 1 heterocycles. The Balaban J connectivity index is 2.58. The van der Waals surface area contributed by atoms with Gasteiger partial charge in [-0.15, -0.1) is 0 Å². The van der Waals surface area contributed by atoms with E-state index in [-0.39, 0.29) is 33.7 Å². The molecule has 0 atom stereocenters. The number of halogens is 2. The van der Waals surface area contributed by atoms with Crippen molar-refractivity contribution in [2.45, 2.75) is 6.92 Å². The van der Waals surface area contributed by atoms with Crippen LogP contribution < -0.4 is 5.73 Å². The Morgan fingerprint density at radius 1 is 1.30 bits per heavy atom. The first-order valence-corrected chi connectivity index (χ1v) is 6.84. The fraction of sp³-hybridized carbons (Fsp3) is 0.0714. The smallest absolute Gasteiger partial charge is 0.213 e. The van der Waals surface area contributed by atoms with E-state index in [1.165, 1.54) is 13.0 Å². The number of benzene rings is 1. The number of carbonyl (C=O) groups excluding carboxylic acids is 2. The van der Waals surface area contributed by atoms with Crippen LogP contribution in [-0.2, 0) is 0 Å². The maximum Gasteiger partial charge on any atom is 0.213 e. The minimum Gasteiger partial charge on any atom is -0.396 e. The van der Waals surface area contributed by atoms with Crippen LogP contribution in [0.15, 0.2) is 34.8 Å². The van der Waals surface area contributed by atoms with E-state index in [1.54, 1.807) is 24.3 Å². The fourth-order valence-corrected chi connectivity index (χ4v) is 2.35. The summed E-state index contributed by atoms with van der Waals surface area (Å²) in [5, 5.41) is 0.0581. The van der Waals surface area contributed by atoms with E-state index in [9.17, 15) is 9.59 Å². The highest BCUT2D eigenvalue weighted by Gasteiger charge is 2.19. The topological polar surface area (TPSA) is 73.0 Å². The van der Waals surface area contributed by atoms with Crippen molar-refractivity contribution in [1.82, 2.24) is 4.98 Å². The minimum atomic E-state index is -0.381. The van der Waals surface area contributed by atoms with Crippen LogP contribution in [0.25, 0.3) is 0 Å². The Labute approximate surface area is 129 Å². The molecular weight excluding hydrogens is 344 g/mol. The summed E-state index contributed by atoms with van der Waals surface area (Å²) in [5.74, 6) is -0.649. The quantitative estimate of drug-likeness (QED) is 0.677. The lowest BCUT2D eigenvalue weighted by Gasteiger charge is -2.08. The largest absolute Gasteiger partial charge is 0.396 e. The molecule has 0 saturated heterocycles. The fourth-order valence-electron chi connectivity index (χ4n) is 1.75. The molecule has 0 aliphatic carbocycles. The third-order valence-electron chi connectivity index (χ3n) is 2.71. The summed E-state index contributed by atoms with van der Waals surface area (Å²) in [6.45, 7) is 1.36. The summed E-state index contributed by atoms with van der Waals surface area (Å²) in [6.07, 6.45) is 0. The standard InChI is InChI=1S/C14H10BrClN2O2/c1-7(19)10-6-11(16)18-13(12(10)17)14(20)8-3-2-4-9(15)5-8/h2-6H,17H2,1H3. The Morgan fingerprint density at radius 2 is 2.00 bits per heavy atom. The van der Waals surface area contributed by atoms with Gasteiger partial charge in [0.15, 0.2) is 5.78 Å². The zero-order valence-corrected chi connectivity index (χ0v) is 12.8. The predicted molar refractivity (Wildman–Crippen MR) is 81.2 cm³/mol. The molecular formula is C14H10BrClN2O2. The van der Waals surface area contributed by atoms with Crippen LogP contribution >= 0.6 is 27.5 Å². The number of ketones is 2. The first kappa shape index (κ1) is 14.7. The number of nitrogens with two attached hydrogens (primary N) is 1. The van der Waals surface area contributed by atoms with Crippen molar-refractivity contribution in [3.8, 4) is 0 Å². The van der Waals surface area contributed by atoms with Crippen molar-refractivity contribution < 1.29 is 9.59 Å². The van der Waals surface area contributed by atoms with Gasteiger partial charge >= 0.3 is 0 Å². The molecule has 1 aromatic carbocycles. The van der Waals surface area contributed by atoms with Gasteiger partial charge in [0.1, 0.15) is 10.8 Å². The van der Waals surface area contributed by atoms with Gasteiger partial charge in [0.2, 0.25) is 5.78 Å². The lowest BCUT2D eigenvalue weighted by atomic mass is 10.0. The molecule has 6 heteroatoms. The maximum atomic E-state index is 12.4. The van der Waals surface area contributed by atoms with Crippen LogP contribution in [-0.4, -0.2) is 16.6 Å². The lowest BCUT2D eigenvalue weighted by Crippen LogP contribution is -2.12. The van der Waals surface area contributed by atoms with Crippen molar-refractivity contribution in [2.75, 3.05) is 5.73 Å². The average molecular weight is 354 g/mol. The van der Waals surface area contributed by atoms with E-state index in [0.29, 0.717) is 5.56 Å². The first-order valence-electron chi connectivity index (χ1n) is 5.67. The molecule has 2 N–H and O–H groups in total. The van der Waals surface area contributed by atoms with E-state index >= 15 is 0 Å². The maximum absolute atomic E-state index is 12.4. The van der Waals surface area contributed by atoms with Crippen LogP contribution in [0.1, 0.15) is 33.3 Å². The number of nitrogens with zero attached hydrogens (tertiary/aromatic N) is 1. The second-order valence-electron chi connectivity index (χ2n) is 4.15. The Morgan fingerprint density at radius 3 is 2.60 bits per heavy atom. The number of pyridine rings is 1. The molecule has 0 fully saturated rings. The normalized spacial score (nSPS) is 10.3. The number of rotatable bonds is 3. The predicted octanol–water partition coefficient (Wildman–Crippen LogP) is 3.51. The number of aromatic nitrogens is 1. The lowest BCUT2D eigenvalue weighted by molar-refractivity contribution is 0.101. The molecule has 2 aromatic rings. The van der Waals surface area contributed by atoms with Crippen molar-refractivity contribution in [2.24, 2.45) is 0 Å². The number of carbonyl (C=O) groups is 2. The van der Waals surface area contributed by atoms with Crippen molar-refractivity contribution in [3.05, 3.63) is 56.8 Å². The van der Waals surface area contributed by atoms with Crippen molar-refractivity contribution in [1.29, 1.82) is 0 Å². The molecule has 2 rings (SSSR count). The third-order valence-corrected chi connectivity index (χ3v) is 3.40. The van der Waals surface area contributed by atoms with Crippen LogP contribution in [0.4, 0.5) is 5.69 Å². The van der Waals surface area contributed by atoms with E-state index in [1.807, 2.05) is 0 Å². The van der Waals surface area contributed by atoms with Crippen LogP contribution in [0.2, 0.25) is 5.15 Å². The molecule has 4 nitrogen and oxygen atoms in total. The Hall–Kier alpha value is -1.72. The molecule has 102 valence electrons. The Bertz CT molecular complexity index is 716. The molecule has 0 saturated carbocycles. The molecule has 0 radical (unpaired) electrons. The highest BCUT2D eigenvalue weighted by Crippen LogP contribution is 2.24. The van der Waals surface area contributed by atoms with Gasteiger partial charge in [-0.2, -0.15) is 0 Å². The van der Waals surface area contributed by atoms with Gasteiger partial charge in [-0.05, 0) is 25.1 Å². The summed E-state index contributed by atoms with van der Waals surface area (Å²) in [6, 6.07) is 8.17. The molecule has 0 spiro atoms. The minimum absolute atomic E-state index is 0.0131. The highest BCUT2D eigenvalue weighted by molar-refractivity contribution is 9.10. The van der Waals surface area contributed by atoms with E-state index < -0.39 is 0 Å². The second-order valence-corrected chi connectivity index (χ2v) is 5.45. The summed E-state index contributed by atoms with van der Waals surface area (Å²) < 4.78 is 0.760. The molecule has 1 aromatic heterocycles. The van der Waals surface area contributed by atoms with Gasteiger partial charge in [-0.3, -0.25) is 9.59 Å². The summed E-state index contributed by atoms with van der Waals surface area (Å²) in [5.41, 5.74) is 6.50. The number of anilines is 1. The van der Waals surface area contributed by atoms with Gasteiger partial charge in [0.05, 0.1) is 5.69 Å². The number of Topliss-reactive ketones (excluding diaryl/α,β-unsaturated/α-hetero) is 1. The van der Waals surface area contributed by atoms with Crippen LogP contribution in [0.5, 0.6) is 0 Å². The molecule has 20 heavy (non-hydrogen) atoms. The van der Waals surface area contributed by atoms with Gasteiger partial charge in [0.25, 0.3) is 0 Å². The van der Waals surface area contributed by atoms with Gasteiger partial charge in [-0.25, -0.2) is 4.98 Å². The average Bonchev–Trinajstić information content (AvgIpc) is 2.40. The third kappa shape index (κ3) is 2.89. The Kier molecular flexibility index (Phi) is 4.20. The van der Waals surface area contributed by atoms with E-state index in [2.05, 4.69) is 20.9 Å². The van der Waals surface area contributed by atoms with Gasteiger partial charge in [-0.1, -0.05) is 39.7 Å². The summed E-state index contributed by atoms with van der Waals surface area (Å²) in [7, 11) is 0. The molecule has 0 amide bonds. The molecule has 0 aliphatic heterocycles. The number of nitrogen functional groups attached to an aromatic ring is 1. The zero-order valence-electron chi connectivity index (χ0n) is 10.5. The highest BCUT2D eigenvalue weighted by atomic mass is 79.9. The van der Waals surface area contributed by atoms with E-state index in [0.717, 1.165) is 4.47 Å². The zero-order chi connectivity index (χ0) is 14.9. The van der Waals surface area contributed by atoms with Crippen LogP contribution in [0, 0.1) is 0 Å². The molecule has 0 unspecified atom stereocenters. The van der Waals surface area contributed by atoms with Crippen LogP contribution in [0.3, 0.4) is 0 Å². The molecule has 0 bridgehead atoms. The monoisotopic (exact) mass is 352 g/mol. The SMILES string of the molecule is CC(=O)c1cc(Cl)nc(C(=O)c2cccc(Br)c2)c1N. The summed E-state index contributed by atoms with van der Waals surface area (Å²) in [4.78, 5) is 27.9. The summed E-state index contributed by atoms with van der Waals surface area (Å²) >= 11 is 9.14. The van der Waals surface area contributed by atoms with Gasteiger partial charge in [0, 0.05) is 15.6 Å². The second kappa shape index (κ2) is 5.73. The van der Waals surface area contributed by atoms with Crippen molar-refractivity contribution in [3.63, 3.8) is 0 Å². The van der Waals surface area contributed by atoms with E-state index in [4.69, 9.17) is 17.3 Å². The first-order chi connectivity index (χ1) is 9.40. The number of hydrogen-bond donors (Lipinski definition) is 1. The number of hydrogen-bond acceptors (Lipinski definition) is 4. The van der Waals surface area contributed by atoms with Gasteiger partial charge < -0.3 is 5.73 Å². The van der Waals surface area contributed by atoms with Crippen molar-refractivity contribution >= 4 is 44.8 Å². The molecule has 0 aliphatic rings.